The number of hydrazine groups is 1. The van der Waals surface area contributed by atoms with Crippen LogP contribution in [0.25, 0.3) is 0 Å². The van der Waals surface area contributed by atoms with Crippen LogP contribution in [-0.4, -0.2) is 24.1 Å². The van der Waals surface area contributed by atoms with Crippen molar-refractivity contribution < 1.29 is 14.4 Å². The van der Waals surface area contributed by atoms with Gasteiger partial charge in [-0.05, 0) is 12.1 Å². The number of hydrogen-bond acceptors (Lipinski definition) is 4. The summed E-state index contributed by atoms with van der Waals surface area (Å²) in [6.07, 6.45) is 0. The number of nitrogens with zero attached hydrogens (tertiary/aromatic N) is 1. The first-order valence-electron chi connectivity index (χ1n) is 4.70. The molecular formula is C10H8ClN3O3. The summed E-state index contributed by atoms with van der Waals surface area (Å²) >= 11 is 5.84. The van der Waals surface area contributed by atoms with Crippen molar-refractivity contribution in [2.45, 2.75) is 0 Å². The Morgan fingerprint density at radius 2 is 2.12 bits per heavy atom. The summed E-state index contributed by atoms with van der Waals surface area (Å²) < 4.78 is 0. The Hall–Kier alpha value is -1.92. The zero-order chi connectivity index (χ0) is 12.6. The number of carbonyl (C=O) groups excluding carboxylic acids is 3. The summed E-state index contributed by atoms with van der Waals surface area (Å²) in [6.45, 7) is -0.311. The number of nitrogens with two attached hydrogens (primary N) is 1. The van der Waals surface area contributed by atoms with Gasteiger partial charge in [0.1, 0.15) is 6.54 Å². The van der Waals surface area contributed by atoms with Crippen molar-refractivity contribution in [1.29, 1.82) is 0 Å². The van der Waals surface area contributed by atoms with Crippen LogP contribution in [0.15, 0.2) is 18.2 Å². The normalized spacial score (nSPS) is 13.9. The minimum absolute atomic E-state index is 0.129. The van der Waals surface area contributed by atoms with Crippen LogP contribution in [0.4, 0.5) is 5.69 Å². The van der Waals surface area contributed by atoms with Gasteiger partial charge in [-0.1, -0.05) is 17.7 Å². The van der Waals surface area contributed by atoms with Crippen LogP contribution in [-0.2, 0) is 9.59 Å². The van der Waals surface area contributed by atoms with Crippen molar-refractivity contribution in [3.8, 4) is 0 Å². The highest BCUT2D eigenvalue weighted by molar-refractivity contribution is 6.55. The molecule has 6 nitrogen and oxygen atoms in total. The first-order valence-corrected chi connectivity index (χ1v) is 5.08. The maximum atomic E-state index is 11.7. The Morgan fingerprint density at radius 1 is 1.41 bits per heavy atom. The molecule has 3 N–H and O–H groups in total. The largest absolute Gasteiger partial charge is 0.300 e. The molecule has 0 saturated carbocycles. The molecule has 88 valence electrons. The second kappa shape index (κ2) is 4.15. The summed E-state index contributed by atoms with van der Waals surface area (Å²) in [6, 6.07) is 4.66. The highest BCUT2D eigenvalue weighted by atomic mass is 35.5. The van der Waals surface area contributed by atoms with Gasteiger partial charge < -0.3 is 0 Å². The van der Waals surface area contributed by atoms with Gasteiger partial charge in [-0.2, -0.15) is 0 Å². The molecule has 1 aliphatic rings. The Morgan fingerprint density at radius 3 is 2.76 bits per heavy atom. The predicted molar refractivity (Wildman–Crippen MR) is 60.5 cm³/mol. The molecule has 0 fully saturated rings. The molecule has 0 radical (unpaired) electrons. The molecule has 0 bridgehead atoms. The van der Waals surface area contributed by atoms with E-state index >= 15 is 0 Å². The van der Waals surface area contributed by atoms with E-state index < -0.39 is 17.6 Å². The number of halogens is 1. The number of fused-ring (bicyclic) bond motifs is 1. The molecule has 0 atom stereocenters. The Kier molecular flexibility index (Phi) is 2.83. The van der Waals surface area contributed by atoms with Gasteiger partial charge in [0.05, 0.1) is 16.3 Å². The van der Waals surface area contributed by atoms with Gasteiger partial charge in [-0.25, -0.2) is 5.84 Å². The van der Waals surface area contributed by atoms with E-state index in [0.29, 0.717) is 5.69 Å². The third kappa shape index (κ3) is 1.77. The number of carbonyl (C=O) groups is 3. The molecule has 0 aromatic heterocycles. The lowest BCUT2D eigenvalue weighted by atomic mass is 10.1. The zero-order valence-corrected chi connectivity index (χ0v) is 9.32. The van der Waals surface area contributed by atoms with E-state index in [1.54, 1.807) is 12.1 Å². The van der Waals surface area contributed by atoms with Gasteiger partial charge in [0.2, 0.25) is 0 Å². The number of rotatable bonds is 2. The van der Waals surface area contributed by atoms with E-state index in [4.69, 9.17) is 17.4 Å². The minimum Gasteiger partial charge on any atom is -0.295 e. The van der Waals surface area contributed by atoms with E-state index in [9.17, 15) is 14.4 Å². The second-order valence-electron chi connectivity index (χ2n) is 3.42. The lowest BCUT2D eigenvalue weighted by Gasteiger charge is -2.14. The number of hydrogen-bond donors (Lipinski definition) is 2. The molecule has 1 aromatic rings. The third-order valence-electron chi connectivity index (χ3n) is 2.41. The van der Waals surface area contributed by atoms with Crippen molar-refractivity contribution in [2.75, 3.05) is 11.4 Å². The topological polar surface area (TPSA) is 92.5 Å². The highest BCUT2D eigenvalue weighted by Gasteiger charge is 2.38. The molecule has 0 unspecified atom stereocenters. The molecule has 0 spiro atoms. The van der Waals surface area contributed by atoms with E-state index in [1.807, 2.05) is 5.43 Å². The van der Waals surface area contributed by atoms with Crippen LogP contribution in [0.2, 0.25) is 5.02 Å². The Labute approximate surface area is 101 Å². The lowest BCUT2D eigenvalue weighted by Crippen LogP contribution is -2.42. The van der Waals surface area contributed by atoms with Crippen LogP contribution < -0.4 is 16.2 Å². The van der Waals surface area contributed by atoms with Gasteiger partial charge in [0.25, 0.3) is 17.6 Å². The molecule has 17 heavy (non-hydrogen) atoms. The van der Waals surface area contributed by atoms with Crippen LogP contribution in [0, 0.1) is 0 Å². The maximum Gasteiger partial charge on any atom is 0.300 e. The summed E-state index contributed by atoms with van der Waals surface area (Å²) in [4.78, 5) is 35.5. The highest BCUT2D eigenvalue weighted by Crippen LogP contribution is 2.33. The van der Waals surface area contributed by atoms with Gasteiger partial charge in [-0.15, -0.1) is 0 Å². The Balaban J connectivity index is 2.45. The molecule has 1 aliphatic heterocycles. The van der Waals surface area contributed by atoms with Crippen LogP contribution in [0.5, 0.6) is 0 Å². The first kappa shape index (κ1) is 11.6. The fourth-order valence-corrected chi connectivity index (χ4v) is 1.90. The predicted octanol–water partition coefficient (Wildman–Crippen LogP) is -0.141. The quantitative estimate of drug-likeness (QED) is 0.332. The molecule has 7 heteroatoms. The van der Waals surface area contributed by atoms with Crippen LogP contribution in [0.3, 0.4) is 0 Å². The first-order chi connectivity index (χ1) is 8.06. The fourth-order valence-electron chi connectivity index (χ4n) is 1.65. The van der Waals surface area contributed by atoms with Crippen molar-refractivity contribution in [2.24, 2.45) is 5.84 Å². The minimum atomic E-state index is -0.781. The average Bonchev–Trinajstić information content (AvgIpc) is 2.55. The van der Waals surface area contributed by atoms with Gasteiger partial charge in [0.15, 0.2) is 0 Å². The number of Topliss-reactive ketones (excluding diaryl/α,β-unsaturated/α-hetero) is 1. The van der Waals surface area contributed by atoms with Gasteiger partial charge in [0, 0.05) is 0 Å². The van der Waals surface area contributed by atoms with Gasteiger partial charge in [-0.3, -0.25) is 24.7 Å². The number of anilines is 1. The molecule has 0 saturated heterocycles. The van der Waals surface area contributed by atoms with Crippen LogP contribution in [0.1, 0.15) is 10.4 Å². The van der Waals surface area contributed by atoms with Crippen molar-refractivity contribution >= 4 is 34.9 Å². The van der Waals surface area contributed by atoms with Crippen molar-refractivity contribution in [3.63, 3.8) is 0 Å². The molecule has 0 aliphatic carbocycles. The van der Waals surface area contributed by atoms with Gasteiger partial charge >= 0.3 is 0 Å². The van der Waals surface area contributed by atoms with Crippen molar-refractivity contribution in [3.05, 3.63) is 28.8 Å². The summed E-state index contributed by atoms with van der Waals surface area (Å²) in [5.41, 5.74) is 2.35. The average molecular weight is 254 g/mol. The molecule has 2 rings (SSSR count). The van der Waals surface area contributed by atoms with E-state index in [-0.39, 0.29) is 17.1 Å². The number of benzene rings is 1. The van der Waals surface area contributed by atoms with E-state index in [0.717, 1.165) is 4.90 Å². The Bertz CT molecular complexity index is 530. The second-order valence-corrected chi connectivity index (χ2v) is 3.83. The number of amides is 2. The number of nitrogens with one attached hydrogen (secondary N) is 1. The summed E-state index contributed by atoms with van der Waals surface area (Å²) in [5.74, 6) is 2.87. The SMILES string of the molecule is NNC(=O)CN1C(=O)C(=O)c2c(Cl)cccc21. The molecule has 1 heterocycles. The maximum absolute atomic E-state index is 11.7. The van der Waals surface area contributed by atoms with Crippen molar-refractivity contribution in [1.82, 2.24) is 5.43 Å². The number of ketones is 1. The molecule has 2 amide bonds. The molecule has 1 aromatic carbocycles. The summed E-state index contributed by atoms with van der Waals surface area (Å²) in [5, 5.41) is 0.191. The molecular weight excluding hydrogens is 246 g/mol. The monoisotopic (exact) mass is 253 g/mol. The fraction of sp³-hybridized carbons (Fsp3) is 0.100. The van der Waals surface area contributed by atoms with E-state index in [2.05, 4.69) is 0 Å². The standard InChI is InChI=1S/C10H8ClN3O3/c11-5-2-1-3-6-8(5)9(16)10(17)14(6)4-7(15)13-12/h1-3H,4,12H2,(H,13,15). The summed E-state index contributed by atoms with van der Waals surface area (Å²) in [7, 11) is 0. The van der Waals surface area contributed by atoms with Crippen LogP contribution >= 0.6 is 11.6 Å². The third-order valence-corrected chi connectivity index (χ3v) is 2.73. The zero-order valence-electron chi connectivity index (χ0n) is 8.57. The smallest absolute Gasteiger partial charge is 0.295 e. The lowest BCUT2D eigenvalue weighted by molar-refractivity contribution is -0.122. The van der Waals surface area contributed by atoms with E-state index in [1.165, 1.54) is 6.07 Å².